The molecule has 1 aliphatic rings. The van der Waals surface area contributed by atoms with Crippen molar-refractivity contribution in [3.8, 4) is 11.5 Å². The zero-order chi connectivity index (χ0) is 24.1. The summed E-state index contributed by atoms with van der Waals surface area (Å²) in [7, 11) is 0. The van der Waals surface area contributed by atoms with Crippen molar-refractivity contribution in [2.45, 2.75) is 19.7 Å². The molecular weight excluding hydrogens is 451 g/mol. The van der Waals surface area contributed by atoms with E-state index in [0.29, 0.717) is 11.6 Å². The van der Waals surface area contributed by atoms with E-state index in [9.17, 15) is 18.0 Å². The smallest absolute Gasteiger partial charge is 0.484 e. The average Bonchev–Trinajstić information content (AvgIpc) is 3.08. The predicted molar refractivity (Wildman–Crippen MR) is 121 cm³/mol. The molecule has 1 fully saturated rings. The lowest BCUT2D eigenvalue weighted by Gasteiger charge is -2.20. The van der Waals surface area contributed by atoms with Crippen LogP contribution in [0.2, 0.25) is 0 Å². The number of hydrogen-bond donors (Lipinski definition) is 2. The lowest BCUT2D eigenvalue weighted by Crippen LogP contribution is -2.29. The van der Waals surface area contributed by atoms with Crippen molar-refractivity contribution in [2.24, 2.45) is 0 Å². The van der Waals surface area contributed by atoms with Crippen molar-refractivity contribution >= 4 is 28.4 Å². The van der Waals surface area contributed by atoms with Crippen molar-refractivity contribution < 1.29 is 27.4 Å². The van der Waals surface area contributed by atoms with E-state index >= 15 is 0 Å². The number of aryl methyl sites for hydroxylation is 1. The van der Waals surface area contributed by atoms with Crippen molar-refractivity contribution in [1.29, 1.82) is 0 Å². The van der Waals surface area contributed by atoms with Gasteiger partial charge in [-0.05, 0) is 62.4 Å². The number of nitrogens with one attached hydrogen (secondary N) is 2. The topological polar surface area (TPSA) is 88.6 Å². The van der Waals surface area contributed by atoms with Gasteiger partial charge in [0.2, 0.25) is 5.95 Å². The first-order valence-electron chi connectivity index (χ1n) is 10.8. The van der Waals surface area contributed by atoms with Gasteiger partial charge in [0.1, 0.15) is 11.5 Å². The third kappa shape index (κ3) is 6.25. The zero-order valence-electron chi connectivity index (χ0n) is 18.5. The van der Waals surface area contributed by atoms with E-state index in [-0.39, 0.29) is 18.1 Å². The van der Waals surface area contributed by atoms with Gasteiger partial charge in [-0.1, -0.05) is 0 Å². The molecule has 34 heavy (non-hydrogen) atoms. The Labute approximate surface area is 194 Å². The Morgan fingerprint density at radius 2 is 1.85 bits per heavy atom. The molecule has 3 aromatic rings. The standard InChI is InChI=1S/C23H24F3N5O3/c1-15-19-13-16(3-8-20(19)30-22(28-15)31-11-2-9-27-10-12-31)29-21(32)14-33-17-4-6-18(7-5-17)34-23(24,25)26/h3-8,13,27H,2,9-12,14H2,1H3,(H,29,32). The van der Waals surface area contributed by atoms with Crippen LogP contribution >= 0.6 is 0 Å². The van der Waals surface area contributed by atoms with Crippen molar-refractivity contribution in [1.82, 2.24) is 15.3 Å². The summed E-state index contributed by atoms with van der Waals surface area (Å²) in [5, 5.41) is 6.94. The molecule has 1 saturated heterocycles. The number of hydrogen-bond acceptors (Lipinski definition) is 7. The number of aromatic nitrogens is 2. The molecule has 0 radical (unpaired) electrons. The van der Waals surface area contributed by atoms with Crippen LogP contribution in [-0.4, -0.2) is 55.0 Å². The molecule has 0 aliphatic carbocycles. The van der Waals surface area contributed by atoms with Crippen LogP contribution in [0.1, 0.15) is 12.1 Å². The lowest BCUT2D eigenvalue weighted by atomic mass is 10.1. The van der Waals surface area contributed by atoms with E-state index in [0.717, 1.165) is 61.3 Å². The number of halogens is 3. The summed E-state index contributed by atoms with van der Waals surface area (Å²) in [4.78, 5) is 23.8. The summed E-state index contributed by atoms with van der Waals surface area (Å²) >= 11 is 0. The summed E-state index contributed by atoms with van der Waals surface area (Å²) in [5.41, 5.74) is 2.16. The number of carbonyl (C=O) groups excluding carboxylic acids is 1. The van der Waals surface area contributed by atoms with Gasteiger partial charge in [0.15, 0.2) is 6.61 Å². The normalized spacial score (nSPS) is 14.5. The van der Waals surface area contributed by atoms with Crippen LogP contribution in [0, 0.1) is 6.92 Å². The van der Waals surface area contributed by atoms with E-state index in [1.807, 2.05) is 13.0 Å². The fraction of sp³-hybridized carbons (Fsp3) is 0.348. The Hall–Kier alpha value is -3.60. The summed E-state index contributed by atoms with van der Waals surface area (Å²) in [5.74, 6) is 0.158. The average molecular weight is 475 g/mol. The molecule has 180 valence electrons. The molecule has 0 unspecified atom stereocenters. The minimum Gasteiger partial charge on any atom is -0.484 e. The van der Waals surface area contributed by atoms with Gasteiger partial charge in [0.05, 0.1) is 11.2 Å². The highest BCUT2D eigenvalue weighted by Gasteiger charge is 2.31. The van der Waals surface area contributed by atoms with E-state index in [4.69, 9.17) is 9.72 Å². The van der Waals surface area contributed by atoms with Gasteiger partial charge in [-0.3, -0.25) is 4.79 Å². The first-order valence-corrected chi connectivity index (χ1v) is 10.8. The van der Waals surface area contributed by atoms with Crippen molar-refractivity contribution in [2.75, 3.05) is 43.0 Å². The Morgan fingerprint density at radius 1 is 1.09 bits per heavy atom. The van der Waals surface area contributed by atoms with E-state index < -0.39 is 12.3 Å². The van der Waals surface area contributed by atoms with Crippen molar-refractivity contribution in [3.05, 3.63) is 48.2 Å². The largest absolute Gasteiger partial charge is 0.573 e. The zero-order valence-corrected chi connectivity index (χ0v) is 18.5. The second-order valence-electron chi connectivity index (χ2n) is 7.79. The molecule has 0 atom stereocenters. The van der Waals surface area contributed by atoms with Gasteiger partial charge in [-0.25, -0.2) is 9.97 Å². The van der Waals surface area contributed by atoms with Crippen LogP contribution in [0.5, 0.6) is 11.5 Å². The van der Waals surface area contributed by atoms with Crippen LogP contribution in [0.25, 0.3) is 10.9 Å². The second-order valence-corrected chi connectivity index (χ2v) is 7.79. The number of fused-ring (bicyclic) bond motifs is 1. The molecule has 11 heteroatoms. The predicted octanol–water partition coefficient (Wildman–Crippen LogP) is 3.65. The van der Waals surface area contributed by atoms with Gasteiger partial charge in [-0.15, -0.1) is 13.2 Å². The number of anilines is 2. The summed E-state index contributed by atoms with van der Waals surface area (Å²) in [6, 6.07) is 10.2. The van der Waals surface area contributed by atoms with Gasteiger partial charge < -0.3 is 25.0 Å². The monoisotopic (exact) mass is 475 g/mol. The third-order valence-electron chi connectivity index (χ3n) is 5.21. The second kappa shape index (κ2) is 10.1. The van der Waals surface area contributed by atoms with E-state index in [2.05, 4.69) is 25.3 Å². The Bertz CT molecular complexity index is 1150. The minimum absolute atomic E-state index is 0.240. The highest BCUT2D eigenvalue weighted by Crippen LogP contribution is 2.25. The maximum absolute atomic E-state index is 12.3. The SMILES string of the molecule is Cc1nc(N2CCCNCC2)nc2ccc(NC(=O)COc3ccc(OC(F)(F)F)cc3)cc12. The van der Waals surface area contributed by atoms with Crippen LogP contribution < -0.4 is 25.0 Å². The number of nitrogens with zero attached hydrogens (tertiary/aromatic N) is 3. The minimum atomic E-state index is -4.77. The Morgan fingerprint density at radius 3 is 2.62 bits per heavy atom. The molecule has 2 aromatic carbocycles. The summed E-state index contributed by atoms with van der Waals surface area (Å²) in [6.07, 6.45) is -3.74. The molecule has 0 bridgehead atoms. The summed E-state index contributed by atoms with van der Waals surface area (Å²) in [6.45, 7) is 5.20. The van der Waals surface area contributed by atoms with E-state index in [1.54, 1.807) is 12.1 Å². The van der Waals surface area contributed by atoms with E-state index in [1.165, 1.54) is 12.1 Å². The van der Waals surface area contributed by atoms with Gasteiger partial charge in [0.25, 0.3) is 5.91 Å². The Kier molecular flexibility index (Phi) is 7.01. The van der Waals surface area contributed by atoms with Crippen LogP contribution in [-0.2, 0) is 4.79 Å². The highest BCUT2D eigenvalue weighted by atomic mass is 19.4. The number of ether oxygens (including phenoxy) is 2. The molecule has 2 heterocycles. The molecule has 2 N–H and O–H groups in total. The maximum atomic E-state index is 12.3. The summed E-state index contributed by atoms with van der Waals surface area (Å²) < 4.78 is 45.8. The van der Waals surface area contributed by atoms with Crippen molar-refractivity contribution in [3.63, 3.8) is 0 Å². The molecule has 4 rings (SSSR count). The molecule has 1 aliphatic heterocycles. The number of amides is 1. The molecule has 1 amide bonds. The van der Waals surface area contributed by atoms with Gasteiger partial charge in [-0.2, -0.15) is 0 Å². The molecule has 8 nitrogen and oxygen atoms in total. The number of benzene rings is 2. The maximum Gasteiger partial charge on any atom is 0.573 e. The molecule has 1 aromatic heterocycles. The van der Waals surface area contributed by atoms with Crippen LogP contribution in [0.3, 0.4) is 0 Å². The lowest BCUT2D eigenvalue weighted by molar-refractivity contribution is -0.274. The third-order valence-corrected chi connectivity index (χ3v) is 5.21. The van der Waals surface area contributed by atoms with Gasteiger partial charge >= 0.3 is 6.36 Å². The molecule has 0 saturated carbocycles. The Balaban J connectivity index is 1.37. The fourth-order valence-electron chi connectivity index (χ4n) is 3.61. The number of alkyl halides is 3. The van der Waals surface area contributed by atoms with Gasteiger partial charge in [0, 0.05) is 30.7 Å². The fourth-order valence-corrected chi connectivity index (χ4v) is 3.61. The highest BCUT2D eigenvalue weighted by molar-refractivity contribution is 5.95. The first-order chi connectivity index (χ1) is 16.3. The number of carbonyl (C=O) groups is 1. The molecular formula is C23H24F3N5O3. The quantitative estimate of drug-likeness (QED) is 0.563. The van der Waals surface area contributed by atoms with Crippen LogP contribution in [0.15, 0.2) is 42.5 Å². The first kappa shape index (κ1) is 23.6. The molecule has 0 spiro atoms. The number of rotatable bonds is 6. The van der Waals surface area contributed by atoms with Crippen LogP contribution in [0.4, 0.5) is 24.8 Å².